The van der Waals surface area contributed by atoms with E-state index in [1.807, 2.05) is 72.9 Å². The smallest absolute Gasteiger partial charge is 0.282 e. The van der Waals surface area contributed by atoms with Crippen LogP contribution in [0, 0.1) is 0 Å². The number of nitrogens with zero attached hydrogens (tertiary/aromatic N) is 5. The summed E-state index contributed by atoms with van der Waals surface area (Å²) in [6.45, 7) is -1.10. The second kappa shape index (κ2) is 8.98. The maximum Gasteiger partial charge on any atom is 0.282 e. The first kappa shape index (κ1) is 24.0. The van der Waals surface area contributed by atoms with Crippen molar-refractivity contribution in [2.24, 2.45) is 7.05 Å². The SMILES string of the molecule is Cn1c(C(=O)N2CC(F)(F)C2)cc2ccc(-c3nc(Nc4ccc(-c5cn[nH]c5)cc4)c4ccccc4n3)cc21. The van der Waals surface area contributed by atoms with Crippen LogP contribution in [0.5, 0.6) is 0 Å². The van der Waals surface area contributed by atoms with Crippen molar-refractivity contribution < 1.29 is 13.6 Å². The molecule has 3 aromatic carbocycles. The number of aromatic amines is 1. The number of hydrogen-bond acceptors (Lipinski definition) is 5. The van der Waals surface area contributed by atoms with E-state index in [1.165, 1.54) is 4.90 Å². The van der Waals surface area contributed by atoms with Crippen molar-refractivity contribution in [2.75, 3.05) is 18.4 Å². The summed E-state index contributed by atoms with van der Waals surface area (Å²) in [6.07, 6.45) is 3.62. The van der Waals surface area contributed by atoms with E-state index < -0.39 is 24.9 Å². The first-order valence-electron chi connectivity index (χ1n) is 12.7. The van der Waals surface area contributed by atoms with Crippen LogP contribution in [0.15, 0.2) is 85.2 Å². The molecular weight excluding hydrogens is 512 g/mol. The number of rotatable bonds is 5. The molecule has 1 aliphatic rings. The maximum absolute atomic E-state index is 13.3. The van der Waals surface area contributed by atoms with Crippen molar-refractivity contribution in [2.45, 2.75) is 5.92 Å². The molecule has 10 heteroatoms. The van der Waals surface area contributed by atoms with Crippen LogP contribution >= 0.6 is 0 Å². The number of H-pyrrole nitrogens is 1. The Labute approximate surface area is 227 Å². The lowest BCUT2D eigenvalue weighted by atomic mass is 10.1. The Hall–Kier alpha value is -5.12. The van der Waals surface area contributed by atoms with Gasteiger partial charge < -0.3 is 14.8 Å². The third kappa shape index (κ3) is 4.14. The Kier molecular flexibility index (Phi) is 5.38. The highest BCUT2D eigenvalue weighted by molar-refractivity contribution is 6.00. The van der Waals surface area contributed by atoms with Crippen molar-refractivity contribution in [3.05, 3.63) is 90.9 Å². The van der Waals surface area contributed by atoms with Gasteiger partial charge >= 0.3 is 0 Å². The van der Waals surface area contributed by atoms with Crippen LogP contribution in [0.4, 0.5) is 20.3 Å². The molecule has 198 valence electrons. The van der Waals surface area contributed by atoms with Gasteiger partial charge in [-0.2, -0.15) is 5.10 Å². The van der Waals surface area contributed by atoms with Gasteiger partial charge in [0.2, 0.25) is 0 Å². The van der Waals surface area contributed by atoms with Crippen molar-refractivity contribution in [3.8, 4) is 22.5 Å². The molecule has 0 aliphatic carbocycles. The van der Waals surface area contributed by atoms with Crippen molar-refractivity contribution in [3.63, 3.8) is 0 Å². The van der Waals surface area contributed by atoms with Gasteiger partial charge in [0.15, 0.2) is 5.82 Å². The average molecular weight is 536 g/mol. The van der Waals surface area contributed by atoms with Gasteiger partial charge in [0.05, 0.1) is 24.8 Å². The zero-order valence-corrected chi connectivity index (χ0v) is 21.4. The highest BCUT2D eigenvalue weighted by Crippen LogP contribution is 2.32. The summed E-state index contributed by atoms with van der Waals surface area (Å²) < 4.78 is 28.4. The Bertz CT molecular complexity index is 1890. The molecule has 2 N–H and O–H groups in total. The fraction of sp³-hybridized carbons (Fsp3) is 0.133. The normalized spacial score (nSPS) is 14.4. The molecule has 1 aliphatic heterocycles. The van der Waals surface area contributed by atoms with Gasteiger partial charge in [0.25, 0.3) is 11.8 Å². The van der Waals surface area contributed by atoms with Gasteiger partial charge in [-0.25, -0.2) is 18.7 Å². The van der Waals surface area contributed by atoms with E-state index in [0.717, 1.165) is 44.2 Å². The number of nitrogens with one attached hydrogen (secondary N) is 2. The van der Waals surface area contributed by atoms with E-state index in [9.17, 15) is 13.6 Å². The number of alkyl halides is 2. The van der Waals surface area contributed by atoms with Crippen LogP contribution in [-0.4, -0.2) is 54.6 Å². The van der Waals surface area contributed by atoms with Gasteiger partial charge in [-0.15, -0.1) is 0 Å². The zero-order valence-electron chi connectivity index (χ0n) is 21.4. The fourth-order valence-corrected chi connectivity index (χ4v) is 5.08. The number of para-hydroxylation sites is 1. The molecule has 4 heterocycles. The van der Waals surface area contributed by atoms with E-state index >= 15 is 0 Å². The summed E-state index contributed by atoms with van der Waals surface area (Å²) in [7, 11) is 1.76. The highest BCUT2D eigenvalue weighted by atomic mass is 19.3. The summed E-state index contributed by atoms with van der Waals surface area (Å²) in [5, 5.41) is 12.0. The van der Waals surface area contributed by atoms with Gasteiger partial charge in [-0.1, -0.05) is 36.4 Å². The number of anilines is 2. The Balaban J connectivity index is 1.24. The molecule has 7 rings (SSSR count). The van der Waals surface area contributed by atoms with Crippen molar-refractivity contribution in [1.82, 2.24) is 29.6 Å². The van der Waals surface area contributed by atoms with E-state index in [1.54, 1.807) is 23.9 Å². The van der Waals surface area contributed by atoms with Gasteiger partial charge in [-0.05, 0) is 42.0 Å². The summed E-state index contributed by atoms with van der Waals surface area (Å²) in [5.41, 5.74) is 5.63. The monoisotopic (exact) mass is 535 g/mol. The third-order valence-electron chi connectivity index (χ3n) is 7.24. The van der Waals surface area contributed by atoms with Crippen LogP contribution in [0.2, 0.25) is 0 Å². The highest BCUT2D eigenvalue weighted by Gasteiger charge is 2.46. The molecular formula is C30H23F2N7O. The van der Waals surface area contributed by atoms with Gasteiger partial charge in [0, 0.05) is 46.3 Å². The molecule has 0 atom stereocenters. The largest absolute Gasteiger partial charge is 0.340 e. The van der Waals surface area contributed by atoms with E-state index in [2.05, 4.69) is 15.5 Å². The topological polar surface area (TPSA) is 91.7 Å². The van der Waals surface area contributed by atoms with E-state index in [-0.39, 0.29) is 0 Å². The molecule has 40 heavy (non-hydrogen) atoms. The van der Waals surface area contributed by atoms with E-state index in [0.29, 0.717) is 17.3 Å². The first-order valence-corrected chi connectivity index (χ1v) is 12.7. The number of benzene rings is 3. The molecule has 0 radical (unpaired) electrons. The standard InChI is InChI=1S/C30H23F2N7O/c1-38-25-13-20(7-6-19(25)12-26(38)29(40)39-16-30(31,32)17-39)27-36-24-5-3-2-4-23(24)28(37-27)35-22-10-8-18(9-11-22)21-14-33-34-15-21/h2-15H,16-17H2,1H3,(H,33,34)(H,35,36,37). The minimum Gasteiger partial charge on any atom is -0.340 e. The summed E-state index contributed by atoms with van der Waals surface area (Å²) in [6, 6.07) is 23.2. The number of aryl methyl sites for hydroxylation is 1. The Morgan fingerprint density at radius 2 is 1.73 bits per heavy atom. The molecule has 0 spiro atoms. The number of fused-ring (bicyclic) bond motifs is 2. The molecule has 0 saturated carbocycles. The van der Waals surface area contributed by atoms with Crippen LogP contribution in [0.3, 0.4) is 0 Å². The minimum atomic E-state index is -2.81. The van der Waals surface area contributed by atoms with Gasteiger partial charge in [-0.3, -0.25) is 9.89 Å². The van der Waals surface area contributed by atoms with E-state index in [4.69, 9.17) is 9.97 Å². The third-order valence-corrected chi connectivity index (χ3v) is 7.24. The zero-order chi connectivity index (χ0) is 27.4. The number of likely N-dealkylation sites (tertiary alicyclic amines) is 1. The number of carbonyl (C=O) groups excluding carboxylic acids is 1. The molecule has 1 saturated heterocycles. The number of amides is 1. The number of hydrogen-bond donors (Lipinski definition) is 2. The molecule has 1 amide bonds. The maximum atomic E-state index is 13.3. The number of halogens is 2. The predicted molar refractivity (Wildman–Crippen MR) is 150 cm³/mol. The Morgan fingerprint density at radius 1 is 0.950 bits per heavy atom. The molecule has 8 nitrogen and oxygen atoms in total. The lowest BCUT2D eigenvalue weighted by Gasteiger charge is -2.38. The van der Waals surface area contributed by atoms with Crippen LogP contribution in [0.25, 0.3) is 44.3 Å². The Morgan fingerprint density at radius 3 is 2.48 bits per heavy atom. The lowest BCUT2D eigenvalue weighted by molar-refractivity contribution is -0.113. The predicted octanol–water partition coefficient (Wildman–Crippen LogP) is 6.01. The van der Waals surface area contributed by atoms with Crippen LogP contribution < -0.4 is 5.32 Å². The van der Waals surface area contributed by atoms with Crippen LogP contribution in [0.1, 0.15) is 10.5 Å². The number of aromatic nitrogens is 5. The molecule has 0 bridgehead atoms. The molecule has 6 aromatic rings. The number of carbonyl (C=O) groups is 1. The van der Waals surface area contributed by atoms with Crippen molar-refractivity contribution >= 4 is 39.2 Å². The summed E-state index contributed by atoms with van der Waals surface area (Å²) in [4.78, 5) is 23.7. The van der Waals surface area contributed by atoms with Gasteiger partial charge in [0.1, 0.15) is 11.5 Å². The molecule has 1 fully saturated rings. The quantitative estimate of drug-likeness (QED) is 0.282. The van der Waals surface area contributed by atoms with Crippen LogP contribution in [-0.2, 0) is 7.05 Å². The summed E-state index contributed by atoms with van der Waals surface area (Å²) >= 11 is 0. The fourth-order valence-electron chi connectivity index (χ4n) is 5.08. The second-order valence-corrected chi connectivity index (χ2v) is 9.98. The molecule has 0 unspecified atom stereocenters. The average Bonchev–Trinajstić information content (AvgIpc) is 3.60. The van der Waals surface area contributed by atoms with Crippen molar-refractivity contribution in [1.29, 1.82) is 0 Å². The molecule has 3 aromatic heterocycles. The second-order valence-electron chi connectivity index (χ2n) is 9.98. The first-order chi connectivity index (χ1) is 19.3. The lowest BCUT2D eigenvalue weighted by Crippen LogP contribution is -2.58. The summed E-state index contributed by atoms with van der Waals surface area (Å²) in [5.74, 6) is -2.03. The minimum absolute atomic E-state index is 0.364.